The number of aromatic nitrogens is 5. The second-order valence-corrected chi connectivity index (χ2v) is 8.15. The largest absolute Gasteiger partial charge is 0.459 e. The summed E-state index contributed by atoms with van der Waals surface area (Å²) in [5.41, 5.74) is 3.26. The fraction of sp³-hybridized carbons (Fsp3) is 0.273. The first-order chi connectivity index (χ1) is 15.8. The molecule has 0 aliphatic carbocycles. The highest BCUT2D eigenvalue weighted by Gasteiger charge is 2.21. The first kappa shape index (κ1) is 20.2. The normalized spacial score (nSPS) is 14.8. The summed E-state index contributed by atoms with van der Waals surface area (Å²) in [5, 5.41) is 10.4. The van der Waals surface area contributed by atoms with E-state index in [4.69, 9.17) is 9.47 Å². The van der Waals surface area contributed by atoms with Crippen LogP contribution in [0.25, 0.3) is 10.3 Å². The highest BCUT2D eigenvalue weighted by molar-refractivity contribution is 7.18. The van der Waals surface area contributed by atoms with Crippen molar-refractivity contribution in [2.75, 3.05) is 31.2 Å². The van der Waals surface area contributed by atoms with Crippen molar-refractivity contribution < 1.29 is 9.47 Å². The van der Waals surface area contributed by atoms with Gasteiger partial charge in [0.15, 0.2) is 0 Å². The van der Waals surface area contributed by atoms with Gasteiger partial charge >= 0.3 is 6.01 Å². The second-order valence-electron chi connectivity index (χ2n) is 7.15. The Bertz CT molecular complexity index is 1230. The van der Waals surface area contributed by atoms with Crippen molar-refractivity contribution in [3.05, 3.63) is 65.3 Å². The standard InChI is InChI=1S/C22H19N7O2S/c23-11-17(20-27-19-2-1-4-25-21(19)32-20)18-3-5-26-22(28-18)31-14-15-10-16(13-24-12-15)29-6-8-30-9-7-29/h1-5,10,12-13,17H,6-9,14H2. The Hall–Kier alpha value is -3.68. The number of thiazole rings is 1. The molecule has 0 N–H and O–H groups in total. The molecule has 0 radical (unpaired) electrons. The number of morpholine rings is 1. The summed E-state index contributed by atoms with van der Waals surface area (Å²) >= 11 is 1.39. The van der Waals surface area contributed by atoms with E-state index in [1.54, 1.807) is 24.7 Å². The van der Waals surface area contributed by atoms with Crippen LogP contribution >= 0.6 is 11.3 Å². The van der Waals surface area contributed by atoms with E-state index < -0.39 is 5.92 Å². The number of rotatable bonds is 6. The molecule has 5 heterocycles. The maximum absolute atomic E-state index is 9.78. The van der Waals surface area contributed by atoms with Crippen LogP contribution in [0, 0.1) is 11.3 Å². The molecule has 1 aliphatic rings. The molecule has 0 bridgehead atoms. The van der Waals surface area contributed by atoms with Crippen molar-refractivity contribution in [2.45, 2.75) is 12.5 Å². The molecule has 4 aromatic rings. The highest BCUT2D eigenvalue weighted by Crippen LogP contribution is 2.30. The summed E-state index contributed by atoms with van der Waals surface area (Å²) in [6.07, 6.45) is 6.91. The lowest BCUT2D eigenvalue weighted by Gasteiger charge is -2.28. The van der Waals surface area contributed by atoms with Gasteiger partial charge in [-0.15, -0.1) is 0 Å². The van der Waals surface area contributed by atoms with Crippen LogP contribution < -0.4 is 9.64 Å². The Balaban J connectivity index is 1.31. The van der Waals surface area contributed by atoms with Gasteiger partial charge in [-0.3, -0.25) is 4.98 Å². The van der Waals surface area contributed by atoms with Crippen LogP contribution in [0.4, 0.5) is 5.69 Å². The SMILES string of the molecule is N#CC(c1ccnc(OCc2cncc(N3CCOCC3)c2)n1)c1nc2cccnc2s1. The number of hydrogen-bond acceptors (Lipinski definition) is 10. The first-order valence-corrected chi connectivity index (χ1v) is 11.0. The van der Waals surface area contributed by atoms with Gasteiger partial charge in [-0.25, -0.2) is 15.0 Å². The predicted octanol–water partition coefficient (Wildman–Crippen LogP) is 2.95. The van der Waals surface area contributed by atoms with Crippen molar-refractivity contribution in [1.29, 1.82) is 5.26 Å². The van der Waals surface area contributed by atoms with Gasteiger partial charge in [0.2, 0.25) is 0 Å². The Morgan fingerprint density at radius 3 is 2.91 bits per heavy atom. The molecule has 32 heavy (non-hydrogen) atoms. The topological polar surface area (TPSA) is 110 Å². The predicted molar refractivity (Wildman–Crippen MR) is 119 cm³/mol. The number of nitrogens with zero attached hydrogens (tertiary/aromatic N) is 7. The Morgan fingerprint density at radius 2 is 2.06 bits per heavy atom. The third-order valence-electron chi connectivity index (χ3n) is 5.03. The number of ether oxygens (including phenoxy) is 2. The van der Waals surface area contributed by atoms with Crippen molar-refractivity contribution in [2.24, 2.45) is 0 Å². The average molecular weight is 446 g/mol. The van der Waals surface area contributed by atoms with Crippen LogP contribution in [0.2, 0.25) is 0 Å². The lowest BCUT2D eigenvalue weighted by molar-refractivity contribution is 0.122. The lowest BCUT2D eigenvalue weighted by atomic mass is 10.1. The maximum Gasteiger partial charge on any atom is 0.316 e. The molecule has 0 saturated carbocycles. The van der Waals surface area contributed by atoms with Gasteiger partial charge in [-0.2, -0.15) is 10.2 Å². The third-order valence-corrected chi connectivity index (χ3v) is 6.08. The quantitative estimate of drug-likeness (QED) is 0.442. The molecular formula is C22H19N7O2S. The third kappa shape index (κ3) is 4.34. The minimum absolute atomic E-state index is 0.207. The molecule has 1 unspecified atom stereocenters. The van der Waals surface area contributed by atoms with Crippen LogP contribution in [0.1, 0.15) is 22.2 Å². The van der Waals surface area contributed by atoms with Gasteiger partial charge in [-0.1, -0.05) is 11.3 Å². The van der Waals surface area contributed by atoms with E-state index in [2.05, 4.69) is 35.9 Å². The summed E-state index contributed by atoms with van der Waals surface area (Å²) in [7, 11) is 0. The second kappa shape index (κ2) is 9.21. The molecule has 1 fully saturated rings. The molecule has 1 aliphatic heterocycles. The average Bonchev–Trinajstić information content (AvgIpc) is 3.28. The molecule has 10 heteroatoms. The van der Waals surface area contributed by atoms with Crippen molar-refractivity contribution in [3.8, 4) is 12.1 Å². The van der Waals surface area contributed by atoms with Crippen molar-refractivity contribution >= 4 is 27.4 Å². The van der Waals surface area contributed by atoms with Gasteiger partial charge in [-0.05, 0) is 24.3 Å². The van der Waals surface area contributed by atoms with Gasteiger partial charge in [0.1, 0.15) is 27.9 Å². The first-order valence-electron chi connectivity index (χ1n) is 10.1. The molecule has 0 aromatic carbocycles. The number of anilines is 1. The lowest BCUT2D eigenvalue weighted by Crippen LogP contribution is -2.36. The van der Waals surface area contributed by atoms with Crippen LogP contribution in [0.3, 0.4) is 0 Å². The van der Waals surface area contributed by atoms with Gasteiger partial charge in [0.25, 0.3) is 0 Å². The van der Waals surface area contributed by atoms with E-state index in [0.717, 1.165) is 34.7 Å². The molecule has 1 atom stereocenters. The van der Waals surface area contributed by atoms with E-state index in [0.29, 0.717) is 23.9 Å². The highest BCUT2D eigenvalue weighted by atomic mass is 32.1. The van der Waals surface area contributed by atoms with Crippen LogP contribution in [-0.4, -0.2) is 51.2 Å². The summed E-state index contributed by atoms with van der Waals surface area (Å²) in [4.78, 5) is 24.9. The zero-order valence-corrected chi connectivity index (χ0v) is 17.9. The van der Waals surface area contributed by atoms with Crippen molar-refractivity contribution in [3.63, 3.8) is 0 Å². The van der Waals surface area contributed by atoms with Gasteiger partial charge < -0.3 is 14.4 Å². The van der Waals surface area contributed by atoms with E-state index in [-0.39, 0.29) is 12.6 Å². The molecule has 1 saturated heterocycles. The summed E-state index contributed by atoms with van der Waals surface area (Å²) in [6, 6.07) is 9.96. The van der Waals surface area contributed by atoms with E-state index in [9.17, 15) is 5.26 Å². The smallest absolute Gasteiger partial charge is 0.316 e. The molecule has 0 spiro atoms. The fourth-order valence-corrected chi connectivity index (χ4v) is 4.40. The summed E-state index contributed by atoms with van der Waals surface area (Å²) < 4.78 is 11.2. The number of fused-ring (bicyclic) bond motifs is 1. The molecule has 4 aromatic heterocycles. The van der Waals surface area contributed by atoms with Gasteiger partial charge in [0, 0.05) is 37.2 Å². The number of nitriles is 1. The van der Waals surface area contributed by atoms with Gasteiger partial charge in [0.05, 0.1) is 36.9 Å². The Morgan fingerprint density at radius 1 is 1.16 bits per heavy atom. The molecule has 9 nitrogen and oxygen atoms in total. The summed E-state index contributed by atoms with van der Waals surface area (Å²) in [6.45, 7) is 3.39. The van der Waals surface area contributed by atoms with E-state index >= 15 is 0 Å². The zero-order valence-electron chi connectivity index (χ0n) is 17.1. The molecule has 0 amide bonds. The Kier molecular flexibility index (Phi) is 5.83. The zero-order chi connectivity index (χ0) is 21.8. The number of pyridine rings is 2. The van der Waals surface area contributed by atoms with Crippen LogP contribution in [-0.2, 0) is 11.3 Å². The molecular weight excluding hydrogens is 426 g/mol. The number of hydrogen-bond donors (Lipinski definition) is 0. The minimum atomic E-state index is -0.620. The fourth-order valence-electron chi connectivity index (χ4n) is 3.44. The van der Waals surface area contributed by atoms with Crippen LogP contribution in [0.5, 0.6) is 6.01 Å². The van der Waals surface area contributed by atoms with Crippen molar-refractivity contribution in [1.82, 2.24) is 24.9 Å². The molecule has 160 valence electrons. The van der Waals surface area contributed by atoms with E-state index in [1.807, 2.05) is 24.4 Å². The van der Waals surface area contributed by atoms with Crippen LogP contribution in [0.15, 0.2) is 49.1 Å². The monoisotopic (exact) mass is 445 g/mol. The molecule has 5 rings (SSSR count). The Labute approximate surface area is 188 Å². The summed E-state index contributed by atoms with van der Waals surface area (Å²) in [5.74, 6) is -0.620. The minimum Gasteiger partial charge on any atom is -0.459 e. The maximum atomic E-state index is 9.78. The van der Waals surface area contributed by atoms with E-state index in [1.165, 1.54) is 11.3 Å².